The molecule has 1 aliphatic rings. The second-order valence-corrected chi connectivity index (χ2v) is 5.63. The monoisotopic (exact) mass is 246 g/mol. The zero-order valence-electron chi connectivity index (χ0n) is 11.9. The van der Waals surface area contributed by atoms with Crippen LogP contribution in [0.1, 0.15) is 35.1 Å². The second kappa shape index (κ2) is 4.09. The second-order valence-electron chi connectivity index (χ2n) is 5.63. The number of rotatable bonds is 2. The fourth-order valence-electron chi connectivity index (χ4n) is 2.48. The van der Waals surface area contributed by atoms with E-state index in [1.165, 1.54) is 22.3 Å². The Balaban J connectivity index is 2.47. The summed E-state index contributed by atoms with van der Waals surface area (Å²) in [5.41, 5.74) is 11.2. The minimum Gasteiger partial charge on any atom is -0.317 e. The number of carbonyl (C=O) groups is 1. The van der Waals surface area contributed by atoms with E-state index < -0.39 is 5.54 Å². The summed E-state index contributed by atoms with van der Waals surface area (Å²) in [5.74, 6) is 0.0405. The van der Waals surface area contributed by atoms with E-state index in [1.54, 1.807) is 4.90 Å². The lowest BCUT2D eigenvalue weighted by Gasteiger charge is -2.26. The van der Waals surface area contributed by atoms with Crippen LogP contribution in [0.4, 0.5) is 5.69 Å². The van der Waals surface area contributed by atoms with Crippen LogP contribution in [0.3, 0.4) is 0 Å². The first-order valence-corrected chi connectivity index (χ1v) is 6.42. The molecule has 2 N–H and O–H groups in total. The Morgan fingerprint density at radius 1 is 1.17 bits per heavy atom. The molecule has 0 saturated heterocycles. The Hall–Kier alpha value is -1.35. The van der Waals surface area contributed by atoms with Crippen molar-refractivity contribution in [2.45, 2.75) is 46.1 Å². The molecule has 3 heteroatoms. The Bertz CT molecular complexity index is 489. The van der Waals surface area contributed by atoms with Crippen LogP contribution in [0.15, 0.2) is 6.07 Å². The molecule has 0 heterocycles. The van der Waals surface area contributed by atoms with Gasteiger partial charge in [0.1, 0.15) is 0 Å². The van der Waals surface area contributed by atoms with Crippen molar-refractivity contribution in [2.24, 2.45) is 5.73 Å². The maximum atomic E-state index is 12.4. The highest BCUT2D eigenvalue weighted by Gasteiger charge is 2.48. The predicted octanol–water partition coefficient (Wildman–Crippen LogP) is 2.37. The summed E-state index contributed by atoms with van der Waals surface area (Å²) in [7, 11) is 1.84. The van der Waals surface area contributed by atoms with Gasteiger partial charge < -0.3 is 10.6 Å². The van der Waals surface area contributed by atoms with Gasteiger partial charge in [-0.3, -0.25) is 4.79 Å². The predicted molar refractivity (Wildman–Crippen MR) is 75.0 cm³/mol. The van der Waals surface area contributed by atoms with Gasteiger partial charge in [0.2, 0.25) is 5.91 Å². The maximum absolute atomic E-state index is 12.4. The molecule has 1 aromatic rings. The Morgan fingerprint density at radius 2 is 1.61 bits per heavy atom. The smallest absolute Gasteiger partial charge is 0.246 e. The van der Waals surface area contributed by atoms with Crippen LogP contribution in [-0.2, 0) is 4.79 Å². The quantitative estimate of drug-likeness (QED) is 0.871. The van der Waals surface area contributed by atoms with E-state index in [0.29, 0.717) is 0 Å². The summed E-state index contributed by atoms with van der Waals surface area (Å²) in [6.45, 7) is 8.30. The zero-order valence-corrected chi connectivity index (χ0v) is 11.9. The van der Waals surface area contributed by atoms with E-state index in [-0.39, 0.29) is 5.91 Å². The molecule has 1 aromatic carbocycles. The first-order valence-electron chi connectivity index (χ1n) is 6.42. The Labute approximate surface area is 109 Å². The van der Waals surface area contributed by atoms with Crippen LogP contribution >= 0.6 is 0 Å². The number of aryl methyl sites for hydroxylation is 2. The fraction of sp³-hybridized carbons (Fsp3) is 0.533. The van der Waals surface area contributed by atoms with Gasteiger partial charge in [0.25, 0.3) is 0 Å². The van der Waals surface area contributed by atoms with E-state index in [1.807, 2.05) is 7.05 Å². The number of hydrogen-bond donors (Lipinski definition) is 1. The van der Waals surface area contributed by atoms with Gasteiger partial charge in [-0.25, -0.2) is 0 Å². The van der Waals surface area contributed by atoms with Crippen molar-refractivity contribution in [3.05, 3.63) is 28.3 Å². The van der Waals surface area contributed by atoms with E-state index in [2.05, 4.69) is 33.8 Å². The van der Waals surface area contributed by atoms with Crippen LogP contribution in [0.2, 0.25) is 0 Å². The first kappa shape index (κ1) is 13.1. The summed E-state index contributed by atoms with van der Waals surface area (Å²) in [5, 5.41) is 0. The van der Waals surface area contributed by atoms with E-state index in [4.69, 9.17) is 5.73 Å². The summed E-state index contributed by atoms with van der Waals surface area (Å²) < 4.78 is 0. The van der Waals surface area contributed by atoms with Crippen LogP contribution in [0.5, 0.6) is 0 Å². The molecule has 1 aliphatic carbocycles. The minimum absolute atomic E-state index is 0.0405. The summed E-state index contributed by atoms with van der Waals surface area (Å²) >= 11 is 0. The summed E-state index contributed by atoms with van der Waals surface area (Å²) in [6.07, 6.45) is 1.61. The van der Waals surface area contributed by atoms with Crippen molar-refractivity contribution < 1.29 is 4.79 Å². The summed E-state index contributed by atoms with van der Waals surface area (Å²) in [6, 6.07) is 2.17. The minimum atomic E-state index is -0.606. The number of anilines is 1. The van der Waals surface area contributed by atoms with Crippen molar-refractivity contribution in [1.82, 2.24) is 0 Å². The Kier molecular flexibility index (Phi) is 2.98. The Morgan fingerprint density at radius 3 is 2.00 bits per heavy atom. The van der Waals surface area contributed by atoms with Crippen LogP contribution in [0, 0.1) is 27.7 Å². The molecule has 0 spiro atoms. The molecular weight excluding hydrogens is 224 g/mol. The van der Waals surface area contributed by atoms with Gasteiger partial charge in [-0.2, -0.15) is 0 Å². The van der Waals surface area contributed by atoms with Gasteiger partial charge >= 0.3 is 0 Å². The van der Waals surface area contributed by atoms with Crippen LogP contribution < -0.4 is 10.6 Å². The number of carbonyl (C=O) groups excluding carboxylic acids is 1. The first-order chi connectivity index (χ1) is 8.28. The largest absolute Gasteiger partial charge is 0.317 e. The molecule has 1 amide bonds. The molecule has 18 heavy (non-hydrogen) atoms. The molecule has 0 atom stereocenters. The van der Waals surface area contributed by atoms with E-state index >= 15 is 0 Å². The lowest BCUT2D eigenvalue weighted by molar-refractivity contribution is -0.120. The zero-order chi connectivity index (χ0) is 13.7. The molecule has 0 aromatic heterocycles. The van der Waals surface area contributed by atoms with Gasteiger partial charge in [0.15, 0.2) is 0 Å². The molecule has 98 valence electrons. The number of nitrogens with two attached hydrogens (primary N) is 1. The van der Waals surface area contributed by atoms with Crippen LogP contribution in [-0.4, -0.2) is 18.5 Å². The van der Waals surface area contributed by atoms with E-state index in [0.717, 1.165) is 18.5 Å². The van der Waals surface area contributed by atoms with Crippen LogP contribution in [0.25, 0.3) is 0 Å². The molecular formula is C15H22N2O. The molecule has 0 bridgehead atoms. The molecule has 2 rings (SSSR count). The molecule has 3 nitrogen and oxygen atoms in total. The molecule has 1 saturated carbocycles. The normalized spacial score (nSPS) is 16.6. The third kappa shape index (κ3) is 1.93. The van der Waals surface area contributed by atoms with Gasteiger partial charge in [0, 0.05) is 12.7 Å². The molecule has 1 fully saturated rings. The molecule has 0 radical (unpaired) electrons. The SMILES string of the molecule is Cc1cc(C)c(C)c(N(C)C(=O)C2(N)CC2)c1C. The van der Waals surface area contributed by atoms with Gasteiger partial charge in [0.05, 0.1) is 5.54 Å². The number of likely N-dealkylation sites (N-methyl/N-ethyl adjacent to an activating group) is 1. The molecule has 0 unspecified atom stereocenters. The lowest BCUT2D eigenvalue weighted by Crippen LogP contribution is -2.44. The topological polar surface area (TPSA) is 46.3 Å². The average Bonchev–Trinajstić information content (AvgIpc) is 3.05. The van der Waals surface area contributed by atoms with Crippen molar-refractivity contribution in [3.63, 3.8) is 0 Å². The molecule has 0 aliphatic heterocycles. The fourth-order valence-corrected chi connectivity index (χ4v) is 2.48. The number of hydrogen-bond acceptors (Lipinski definition) is 2. The van der Waals surface area contributed by atoms with Gasteiger partial charge in [-0.15, -0.1) is 0 Å². The third-order valence-corrected chi connectivity index (χ3v) is 4.18. The standard InChI is InChI=1S/C15H22N2O/c1-9-8-10(2)12(4)13(11(9)3)17(5)14(18)15(16)6-7-15/h8H,6-7,16H2,1-5H3. The number of amides is 1. The highest BCUT2D eigenvalue weighted by molar-refractivity contribution is 6.02. The highest BCUT2D eigenvalue weighted by Crippen LogP contribution is 2.37. The maximum Gasteiger partial charge on any atom is 0.246 e. The van der Waals surface area contributed by atoms with Crippen molar-refractivity contribution in [1.29, 1.82) is 0 Å². The third-order valence-electron chi connectivity index (χ3n) is 4.18. The van der Waals surface area contributed by atoms with E-state index in [9.17, 15) is 4.79 Å². The van der Waals surface area contributed by atoms with Crippen molar-refractivity contribution in [3.8, 4) is 0 Å². The average molecular weight is 246 g/mol. The van der Waals surface area contributed by atoms with Gasteiger partial charge in [-0.1, -0.05) is 6.07 Å². The van der Waals surface area contributed by atoms with Crippen molar-refractivity contribution >= 4 is 11.6 Å². The lowest BCUT2D eigenvalue weighted by atomic mass is 9.97. The number of nitrogens with zero attached hydrogens (tertiary/aromatic N) is 1. The van der Waals surface area contributed by atoms with Crippen molar-refractivity contribution in [2.75, 3.05) is 11.9 Å². The highest BCUT2D eigenvalue weighted by atomic mass is 16.2. The van der Waals surface area contributed by atoms with Gasteiger partial charge in [-0.05, 0) is 62.8 Å². The summed E-state index contributed by atoms with van der Waals surface area (Å²) in [4.78, 5) is 14.1. The number of benzene rings is 1.